The van der Waals surface area contributed by atoms with Crippen LogP contribution in [0.3, 0.4) is 0 Å². The van der Waals surface area contributed by atoms with Crippen molar-refractivity contribution in [1.82, 2.24) is 0 Å². The zero-order valence-electron chi connectivity index (χ0n) is 11.3. The standard InChI is InChI=1S/C15H12ClFN2O3/c16-11-5-6-14(10(7-11)8-18-21)22-9-15(20)19-13-4-2-1-3-12(13)17/h1-8,21H,9H2,(H,19,20)/b18-8+. The minimum absolute atomic E-state index is 0.0735. The lowest BCUT2D eigenvalue weighted by Gasteiger charge is -2.10. The van der Waals surface area contributed by atoms with E-state index in [1.807, 2.05) is 0 Å². The van der Waals surface area contributed by atoms with Gasteiger partial charge in [0.2, 0.25) is 0 Å². The van der Waals surface area contributed by atoms with Crippen LogP contribution in [0.2, 0.25) is 5.02 Å². The first-order chi connectivity index (χ1) is 10.6. The predicted molar refractivity (Wildman–Crippen MR) is 81.4 cm³/mol. The first-order valence-corrected chi connectivity index (χ1v) is 6.62. The van der Waals surface area contributed by atoms with Gasteiger partial charge >= 0.3 is 0 Å². The van der Waals surface area contributed by atoms with Crippen molar-refractivity contribution in [2.75, 3.05) is 11.9 Å². The van der Waals surface area contributed by atoms with Crippen LogP contribution in [-0.4, -0.2) is 23.9 Å². The number of nitrogens with zero attached hydrogens (tertiary/aromatic N) is 1. The number of amides is 1. The van der Waals surface area contributed by atoms with Gasteiger partial charge in [0.25, 0.3) is 5.91 Å². The molecule has 0 aromatic heterocycles. The molecular formula is C15H12ClFN2O3. The van der Waals surface area contributed by atoms with Crippen LogP contribution < -0.4 is 10.1 Å². The molecule has 0 saturated heterocycles. The van der Waals surface area contributed by atoms with Crippen LogP contribution in [0, 0.1) is 5.82 Å². The van der Waals surface area contributed by atoms with E-state index >= 15 is 0 Å². The van der Waals surface area contributed by atoms with Crippen molar-refractivity contribution in [2.45, 2.75) is 0 Å². The van der Waals surface area contributed by atoms with Gasteiger partial charge in [0.05, 0.1) is 11.9 Å². The summed E-state index contributed by atoms with van der Waals surface area (Å²) in [6, 6.07) is 10.4. The maximum atomic E-state index is 13.4. The number of anilines is 1. The molecule has 0 atom stereocenters. The second-order valence-corrected chi connectivity index (χ2v) is 4.68. The molecule has 0 bridgehead atoms. The lowest BCUT2D eigenvalue weighted by molar-refractivity contribution is -0.118. The number of para-hydroxylation sites is 1. The lowest BCUT2D eigenvalue weighted by atomic mass is 10.2. The van der Waals surface area contributed by atoms with E-state index in [4.69, 9.17) is 21.5 Å². The third kappa shape index (κ3) is 4.20. The van der Waals surface area contributed by atoms with E-state index in [-0.39, 0.29) is 12.3 Å². The Kier molecular flexibility index (Phi) is 5.32. The first kappa shape index (κ1) is 15.8. The van der Waals surface area contributed by atoms with Gasteiger partial charge in [-0.05, 0) is 30.3 Å². The largest absolute Gasteiger partial charge is 0.483 e. The molecule has 2 N–H and O–H groups in total. The molecule has 0 aliphatic carbocycles. The number of carbonyl (C=O) groups excluding carboxylic acids is 1. The fourth-order valence-corrected chi connectivity index (χ4v) is 1.89. The molecule has 0 spiro atoms. The molecule has 1 amide bonds. The number of rotatable bonds is 5. The first-order valence-electron chi connectivity index (χ1n) is 6.24. The quantitative estimate of drug-likeness (QED) is 0.504. The SMILES string of the molecule is O=C(COc1ccc(Cl)cc1/C=N/O)Nc1ccccc1F. The van der Waals surface area contributed by atoms with E-state index in [1.54, 1.807) is 12.1 Å². The number of hydrogen-bond acceptors (Lipinski definition) is 4. The molecule has 0 fully saturated rings. The molecule has 7 heteroatoms. The highest BCUT2D eigenvalue weighted by Gasteiger charge is 2.09. The number of halogens is 2. The van der Waals surface area contributed by atoms with Crippen molar-refractivity contribution in [2.24, 2.45) is 5.16 Å². The summed E-state index contributed by atoms with van der Waals surface area (Å²) in [5.74, 6) is -0.742. The molecule has 0 unspecified atom stereocenters. The molecule has 0 aliphatic heterocycles. The summed E-state index contributed by atoms with van der Waals surface area (Å²) in [7, 11) is 0. The van der Waals surface area contributed by atoms with Gasteiger partial charge < -0.3 is 15.3 Å². The maximum absolute atomic E-state index is 13.4. The topological polar surface area (TPSA) is 70.9 Å². The number of hydrogen-bond donors (Lipinski definition) is 2. The monoisotopic (exact) mass is 322 g/mol. The number of carbonyl (C=O) groups is 1. The number of nitrogens with one attached hydrogen (secondary N) is 1. The van der Waals surface area contributed by atoms with Gasteiger partial charge in [-0.2, -0.15) is 0 Å². The van der Waals surface area contributed by atoms with Crippen LogP contribution >= 0.6 is 11.6 Å². The Morgan fingerprint density at radius 1 is 1.36 bits per heavy atom. The van der Waals surface area contributed by atoms with Gasteiger partial charge in [0.15, 0.2) is 6.61 Å². The van der Waals surface area contributed by atoms with Crippen molar-refractivity contribution in [3.63, 3.8) is 0 Å². The summed E-state index contributed by atoms with van der Waals surface area (Å²) < 4.78 is 18.7. The average Bonchev–Trinajstić information content (AvgIpc) is 2.49. The molecule has 0 heterocycles. The fourth-order valence-electron chi connectivity index (χ4n) is 1.71. The van der Waals surface area contributed by atoms with Gasteiger partial charge in [-0.15, -0.1) is 0 Å². The molecule has 2 rings (SSSR count). The summed E-state index contributed by atoms with van der Waals surface area (Å²) in [5.41, 5.74) is 0.484. The van der Waals surface area contributed by atoms with Gasteiger partial charge in [-0.25, -0.2) is 4.39 Å². The molecule has 0 aliphatic rings. The summed E-state index contributed by atoms with van der Waals surface area (Å²) in [6.45, 7) is -0.331. The van der Waals surface area contributed by atoms with Crippen LogP contribution in [0.25, 0.3) is 0 Å². The second-order valence-electron chi connectivity index (χ2n) is 4.24. The van der Waals surface area contributed by atoms with E-state index in [2.05, 4.69) is 10.5 Å². The van der Waals surface area contributed by atoms with E-state index in [9.17, 15) is 9.18 Å². The van der Waals surface area contributed by atoms with Crippen molar-refractivity contribution < 1.29 is 19.1 Å². The number of oxime groups is 1. The lowest BCUT2D eigenvalue weighted by Crippen LogP contribution is -2.21. The van der Waals surface area contributed by atoms with Crippen LogP contribution in [0.15, 0.2) is 47.6 Å². The summed E-state index contributed by atoms with van der Waals surface area (Å²) in [6.07, 6.45) is 1.13. The Balaban J connectivity index is 2.01. The highest BCUT2D eigenvalue weighted by atomic mass is 35.5. The van der Waals surface area contributed by atoms with E-state index < -0.39 is 11.7 Å². The minimum Gasteiger partial charge on any atom is -0.483 e. The van der Waals surface area contributed by atoms with Crippen LogP contribution in [0.4, 0.5) is 10.1 Å². The summed E-state index contributed by atoms with van der Waals surface area (Å²) in [5, 5.41) is 14.3. The second kappa shape index (κ2) is 7.42. The predicted octanol–water partition coefficient (Wildman–Crippen LogP) is 3.30. The van der Waals surface area contributed by atoms with E-state index in [1.165, 1.54) is 30.3 Å². The van der Waals surface area contributed by atoms with Crippen LogP contribution in [-0.2, 0) is 4.79 Å². The molecule has 2 aromatic rings. The zero-order valence-corrected chi connectivity index (χ0v) is 12.0. The molecule has 114 valence electrons. The Morgan fingerprint density at radius 3 is 2.86 bits per heavy atom. The Labute approximate surface area is 131 Å². The molecule has 22 heavy (non-hydrogen) atoms. The smallest absolute Gasteiger partial charge is 0.262 e. The maximum Gasteiger partial charge on any atom is 0.262 e. The Hall–Kier alpha value is -2.60. The van der Waals surface area contributed by atoms with Crippen molar-refractivity contribution >= 4 is 29.4 Å². The minimum atomic E-state index is -0.532. The zero-order chi connectivity index (χ0) is 15.9. The van der Waals surface area contributed by atoms with Crippen molar-refractivity contribution in [3.8, 4) is 5.75 Å². The molecule has 5 nitrogen and oxygen atoms in total. The van der Waals surface area contributed by atoms with Crippen molar-refractivity contribution in [3.05, 3.63) is 58.9 Å². The number of benzene rings is 2. The summed E-state index contributed by atoms with van der Waals surface area (Å²) in [4.78, 5) is 11.8. The Morgan fingerprint density at radius 2 is 2.14 bits per heavy atom. The van der Waals surface area contributed by atoms with Gasteiger partial charge in [-0.3, -0.25) is 4.79 Å². The fraction of sp³-hybridized carbons (Fsp3) is 0.0667. The average molecular weight is 323 g/mol. The van der Waals surface area contributed by atoms with Crippen molar-refractivity contribution in [1.29, 1.82) is 0 Å². The van der Waals surface area contributed by atoms with Gasteiger partial charge in [0.1, 0.15) is 11.6 Å². The van der Waals surface area contributed by atoms with Gasteiger partial charge in [0, 0.05) is 10.6 Å². The normalized spacial score (nSPS) is 10.6. The highest BCUT2D eigenvalue weighted by Crippen LogP contribution is 2.21. The molecule has 0 saturated carbocycles. The summed E-state index contributed by atoms with van der Waals surface area (Å²) >= 11 is 5.82. The van der Waals surface area contributed by atoms with E-state index in [0.29, 0.717) is 16.3 Å². The molecule has 2 aromatic carbocycles. The Bertz CT molecular complexity index is 707. The third-order valence-corrected chi connectivity index (χ3v) is 2.91. The number of ether oxygens (including phenoxy) is 1. The van der Waals surface area contributed by atoms with E-state index in [0.717, 1.165) is 6.21 Å². The van der Waals surface area contributed by atoms with Crippen LogP contribution in [0.1, 0.15) is 5.56 Å². The molecular weight excluding hydrogens is 311 g/mol. The van der Waals surface area contributed by atoms with Crippen LogP contribution in [0.5, 0.6) is 5.75 Å². The molecule has 0 radical (unpaired) electrons. The highest BCUT2D eigenvalue weighted by molar-refractivity contribution is 6.30. The van der Waals surface area contributed by atoms with Gasteiger partial charge in [-0.1, -0.05) is 28.9 Å². The third-order valence-electron chi connectivity index (χ3n) is 2.68.